The fourth-order valence-corrected chi connectivity index (χ4v) is 4.62. The predicted molar refractivity (Wildman–Crippen MR) is 107 cm³/mol. The highest BCUT2D eigenvalue weighted by molar-refractivity contribution is 7.17. The topological polar surface area (TPSA) is 45.2 Å². The molecular weight excluding hydrogens is 396 g/mol. The van der Waals surface area contributed by atoms with Gasteiger partial charge >= 0.3 is 0 Å². The molecule has 0 spiro atoms. The molecule has 2 unspecified atom stereocenters. The largest absolute Gasteiger partial charge is 0.336 e. The summed E-state index contributed by atoms with van der Waals surface area (Å²) < 4.78 is 13.1. The first-order chi connectivity index (χ1) is 11.6. The van der Waals surface area contributed by atoms with Gasteiger partial charge in [-0.15, -0.1) is 36.2 Å². The number of aromatic nitrogens is 1. The van der Waals surface area contributed by atoms with Crippen molar-refractivity contribution in [2.24, 2.45) is 0 Å². The van der Waals surface area contributed by atoms with Crippen LogP contribution in [0.15, 0.2) is 24.3 Å². The minimum Gasteiger partial charge on any atom is -0.336 e. The van der Waals surface area contributed by atoms with Gasteiger partial charge in [0.2, 0.25) is 0 Å². The average molecular weight is 418 g/mol. The summed E-state index contributed by atoms with van der Waals surface area (Å²) in [6.45, 7) is 3.45. The Kier molecular flexibility index (Phi) is 7.02. The van der Waals surface area contributed by atoms with Gasteiger partial charge in [-0.05, 0) is 50.5 Å². The highest BCUT2D eigenvalue weighted by atomic mass is 35.5. The molecule has 2 saturated heterocycles. The number of benzene rings is 1. The van der Waals surface area contributed by atoms with E-state index in [1.807, 2.05) is 11.8 Å². The van der Waals surface area contributed by atoms with E-state index >= 15 is 0 Å². The number of nitrogens with one attached hydrogen (secondary N) is 1. The lowest BCUT2D eigenvalue weighted by atomic mass is 10.1. The lowest BCUT2D eigenvalue weighted by Gasteiger charge is -2.23. The molecule has 26 heavy (non-hydrogen) atoms. The summed E-state index contributed by atoms with van der Waals surface area (Å²) in [7, 11) is 0. The van der Waals surface area contributed by atoms with Crippen molar-refractivity contribution in [1.82, 2.24) is 15.2 Å². The van der Waals surface area contributed by atoms with E-state index in [0.29, 0.717) is 17.0 Å². The molecule has 1 aromatic carbocycles. The lowest BCUT2D eigenvalue weighted by molar-refractivity contribution is 0.0752. The molecule has 2 aliphatic rings. The number of carbonyl (C=O) groups excluding carboxylic acids is 1. The number of carbonyl (C=O) groups is 1. The summed E-state index contributed by atoms with van der Waals surface area (Å²) in [6, 6.07) is 7.24. The SMILES string of the molecule is Cc1nc(-c2ccc(F)cc2)sc1C(=O)N1CCC2CCC(C1)N2.Cl.Cl. The van der Waals surface area contributed by atoms with Gasteiger partial charge < -0.3 is 10.2 Å². The third kappa shape index (κ3) is 4.19. The first kappa shape index (κ1) is 21.1. The van der Waals surface area contributed by atoms with Crippen molar-refractivity contribution >= 4 is 42.1 Å². The molecular formula is C18H22Cl2FN3OS. The van der Waals surface area contributed by atoms with Crippen molar-refractivity contribution in [1.29, 1.82) is 0 Å². The van der Waals surface area contributed by atoms with Crippen LogP contribution in [0.5, 0.6) is 0 Å². The minimum atomic E-state index is -0.268. The number of thiazole rings is 1. The Hall–Kier alpha value is -1.21. The molecule has 1 aromatic heterocycles. The zero-order valence-electron chi connectivity index (χ0n) is 14.4. The van der Waals surface area contributed by atoms with E-state index in [0.717, 1.165) is 42.2 Å². The van der Waals surface area contributed by atoms with Crippen LogP contribution in [-0.4, -0.2) is 41.0 Å². The molecule has 0 saturated carbocycles. The Morgan fingerprint density at radius 1 is 1.19 bits per heavy atom. The van der Waals surface area contributed by atoms with Crippen molar-refractivity contribution in [2.75, 3.05) is 13.1 Å². The number of amides is 1. The normalized spacial score (nSPS) is 21.5. The van der Waals surface area contributed by atoms with Gasteiger partial charge in [0, 0.05) is 30.7 Å². The van der Waals surface area contributed by atoms with Crippen LogP contribution in [0.4, 0.5) is 4.39 Å². The van der Waals surface area contributed by atoms with E-state index in [1.54, 1.807) is 12.1 Å². The Balaban J connectivity index is 0.00000121. The van der Waals surface area contributed by atoms with Gasteiger partial charge in [-0.3, -0.25) is 4.79 Å². The maximum Gasteiger partial charge on any atom is 0.265 e. The Labute approximate surface area is 169 Å². The lowest BCUT2D eigenvalue weighted by Crippen LogP contribution is -2.39. The maximum atomic E-state index is 13.1. The summed E-state index contributed by atoms with van der Waals surface area (Å²) in [5, 5.41) is 4.37. The van der Waals surface area contributed by atoms with Crippen LogP contribution in [0.2, 0.25) is 0 Å². The Bertz CT molecular complexity index is 768. The molecule has 4 nitrogen and oxygen atoms in total. The number of hydrogen-bond donors (Lipinski definition) is 1. The zero-order valence-corrected chi connectivity index (χ0v) is 16.9. The van der Waals surface area contributed by atoms with E-state index in [4.69, 9.17) is 0 Å². The predicted octanol–water partition coefficient (Wildman–Crippen LogP) is 4.07. The second-order valence-corrected chi connectivity index (χ2v) is 7.62. The van der Waals surface area contributed by atoms with Crippen LogP contribution < -0.4 is 5.32 Å². The molecule has 142 valence electrons. The molecule has 1 N–H and O–H groups in total. The third-order valence-electron chi connectivity index (χ3n) is 4.89. The molecule has 2 bridgehead atoms. The first-order valence-electron chi connectivity index (χ1n) is 8.39. The molecule has 2 fully saturated rings. The minimum absolute atomic E-state index is 0. The molecule has 2 aliphatic heterocycles. The Morgan fingerprint density at radius 2 is 1.88 bits per heavy atom. The van der Waals surface area contributed by atoms with E-state index in [-0.39, 0.29) is 36.5 Å². The number of nitrogens with zero attached hydrogens (tertiary/aromatic N) is 2. The zero-order chi connectivity index (χ0) is 16.7. The second-order valence-electron chi connectivity index (χ2n) is 6.62. The number of fused-ring (bicyclic) bond motifs is 2. The van der Waals surface area contributed by atoms with Gasteiger partial charge in [-0.2, -0.15) is 0 Å². The molecule has 4 rings (SSSR count). The number of aryl methyl sites for hydroxylation is 1. The molecule has 2 aromatic rings. The molecule has 1 amide bonds. The number of halogens is 3. The molecule has 0 aliphatic carbocycles. The van der Waals surface area contributed by atoms with Crippen molar-refractivity contribution in [3.05, 3.63) is 40.7 Å². The van der Waals surface area contributed by atoms with Gasteiger partial charge in [0.1, 0.15) is 15.7 Å². The van der Waals surface area contributed by atoms with Crippen LogP contribution in [0.1, 0.15) is 34.6 Å². The van der Waals surface area contributed by atoms with E-state index in [1.165, 1.54) is 29.9 Å². The average Bonchev–Trinajstić information content (AvgIpc) is 3.10. The molecule has 2 atom stereocenters. The van der Waals surface area contributed by atoms with Crippen molar-refractivity contribution in [3.63, 3.8) is 0 Å². The monoisotopic (exact) mass is 417 g/mol. The Morgan fingerprint density at radius 3 is 2.62 bits per heavy atom. The number of likely N-dealkylation sites (tertiary alicyclic amines) is 1. The van der Waals surface area contributed by atoms with Crippen LogP contribution in [0.3, 0.4) is 0 Å². The van der Waals surface area contributed by atoms with Crippen LogP contribution in [0.25, 0.3) is 10.6 Å². The molecule has 8 heteroatoms. The van der Waals surface area contributed by atoms with Crippen LogP contribution in [-0.2, 0) is 0 Å². The van der Waals surface area contributed by atoms with Crippen molar-refractivity contribution < 1.29 is 9.18 Å². The van der Waals surface area contributed by atoms with Gasteiger partial charge in [-0.1, -0.05) is 0 Å². The summed E-state index contributed by atoms with van der Waals surface area (Å²) in [5.74, 6) is -0.192. The van der Waals surface area contributed by atoms with E-state index in [2.05, 4.69) is 10.3 Å². The maximum absolute atomic E-state index is 13.1. The van der Waals surface area contributed by atoms with Crippen molar-refractivity contribution in [3.8, 4) is 10.6 Å². The fourth-order valence-electron chi connectivity index (χ4n) is 3.58. The smallest absolute Gasteiger partial charge is 0.265 e. The van der Waals surface area contributed by atoms with Crippen LogP contribution >= 0.6 is 36.2 Å². The van der Waals surface area contributed by atoms with E-state index in [9.17, 15) is 9.18 Å². The quantitative estimate of drug-likeness (QED) is 0.800. The van der Waals surface area contributed by atoms with Gasteiger partial charge in [0.05, 0.1) is 5.69 Å². The molecule has 3 heterocycles. The number of rotatable bonds is 2. The third-order valence-corrected chi connectivity index (χ3v) is 6.09. The standard InChI is InChI=1S/C18H20FN3OS.2ClH/c1-11-16(24-17(20-11)12-2-4-13(19)5-3-12)18(23)22-9-8-14-6-7-15(10-22)21-14;;/h2-5,14-15,21H,6-10H2,1H3;2*1H. The summed E-state index contributed by atoms with van der Waals surface area (Å²) in [4.78, 5) is 20.2. The van der Waals surface area contributed by atoms with Gasteiger partial charge in [0.25, 0.3) is 5.91 Å². The van der Waals surface area contributed by atoms with Crippen molar-refractivity contribution in [2.45, 2.75) is 38.3 Å². The van der Waals surface area contributed by atoms with Crippen LogP contribution in [0, 0.1) is 12.7 Å². The first-order valence-corrected chi connectivity index (χ1v) is 9.20. The van der Waals surface area contributed by atoms with Gasteiger partial charge in [0.15, 0.2) is 0 Å². The molecule has 0 radical (unpaired) electrons. The summed E-state index contributed by atoms with van der Waals surface area (Å²) in [5.41, 5.74) is 1.60. The van der Waals surface area contributed by atoms with Gasteiger partial charge in [-0.25, -0.2) is 9.37 Å². The highest BCUT2D eigenvalue weighted by Crippen LogP contribution is 2.30. The number of hydrogen-bond acceptors (Lipinski definition) is 4. The summed E-state index contributed by atoms with van der Waals surface area (Å²) in [6.07, 6.45) is 3.39. The fraction of sp³-hybridized carbons (Fsp3) is 0.444. The highest BCUT2D eigenvalue weighted by Gasteiger charge is 2.32. The summed E-state index contributed by atoms with van der Waals surface area (Å²) >= 11 is 1.40. The second kappa shape index (κ2) is 8.65. The van der Waals surface area contributed by atoms with E-state index < -0.39 is 0 Å².